The maximum atomic E-state index is 11.2. The average Bonchev–Trinajstić information content (AvgIpc) is 3.06. The number of hydrogen-bond donors (Lipinski definition) is 5. The minimum absolute atomic E-state index is 0.133. The summed E-state index contributed by atoms with van der Waals surface area (Å²) in [6.45, 7) is 8.25. The Kier molecular flexibility index (Phi) is 11.5. The highest BCUT2D eigenvalue weighted by atomic mass is 32.2. The lowest BCUT2D eigenvalue weighted by molar-refractivity contribution is 0.438. The molecule has 46 heavy (non-hydrogen) atoms. The Morgan fingerprint density at radius 3 is 1.52 bits per heavy atom. The average molecular weight is 631 g/mol. The Balaban J connectivity index is 1.08. The molecule has 5 aromatic rings. The monoisotopic (exact) mass is 630 g/mol. The molecule has 0 aliphatic rings. The Morgan fingerprint density at radius 1 is 0.565 bits per heavy atom. The van der Waals surface area contributed by atoms with Crippen LogP contribution in [0.4, 0.5) is 34.1 Å². The van der Waals surface area contributed by atoms with Gasteiger partial charge in [0.1, 0.15) is 5.75 Å². The first kappa shape index (κ1) is 32.8. The molecule has 0 amide bonds. The molecule has 5 rings (SSSR count). The van der Waals surface area contributed by atoms with E-state index in [4.69, 9.17) is 0 Å². The predicted octanol–water partition coefficient (Wildman–Crippen LogP) is 10.8. The number of rotatable bonds is 15. The molecule has 0 radical (unpaired) electrons. The van der Waals surface area contributed by atoms with Crippen LogP contribution in [0.1, 0.15) is 44.7 Å². The van der Waals surface area contributed by atoms with Gasteiger partial charge in [-0.05, 0) is 121 Å². The summed E-state index contributed by atoms with van der Waals surface area (Å²) in [7, 11) is 0. The van der Waals surface area contributed by atoms with E-state index >= 15 is 0 Å². The number of thioether (sulfide) groups is 1. The lowest BCUT2D eigenvalue weighted by Crippen LogP contribution is -2.13. The molecule has 0 atom stereocenters. The van der Waals surface area contributed by atoms with E-state index < -0.39 is 0 Å². The van der Waals surface area contributed by atoms with Crippen LogP contribution < -0.4 is 21.3 Å². The smallest absolute Gasteiger partial charge is 0.122 e. The fourth-order valence-corrected chi connectivity index (χ4v) is 6.19. The van der Waals surface area contributed by atoms with Gasteiger partial charge in [0, 0.05) is 57.7 Å². The molecule has 0 aliphatic carbocycles. The molecule has 6 heteroatoms. The predicted molar refractivity (Wildman–Crippen MR) is 200 cm³/mol. The first-order valence-corrected chi connectivity index (χ1v) is 17.1. The molecule has 0 bridgehead atoms. The van der Waals surface area contributed by atoms with Crippen LogP contribution >= 0.6 is 11.8 Å². The maximum absolute atomic E-state index is 11.2. The van der Waals surface area contributed by atoms with E-state index in [1.807, 2.05) is 48.2 Å². The molecule has 5 aromatic carbocycles. The summed E-state index contributed by atoms with van der Waals surface area (Å²) in [5.74, 6) is 1.45. The molecular weight excluding hydrogens is 585 g/mol. The molecule has 0 spiro atoms. The summed E-state index contributed by atoms with van der Waals surface area (Å²) < 4.78 is 0. The van der Waals surface area contributed by atoms with E-state index in [1.165, 1.54) is 4.90 Å². The van der Waals surface area contributed by atoms with Gasteiger partial charge in [0.2, 0.25) is 0 Å². The number of aryl methyl sites for hydroxylation is 1. The van der Waals surface area contributed by atoms with Crippen molar-refractivity contribution in [1.29, 1.82) is 0 Å². The third kappa shape index (κ3) is 9.98. The molecule has 5 N–H and O–H groups in total. The third-order valence-electron chi connectivity index (χ3n) is 7.74. The van der Waals surface area contributed by atoms with Gasteiger partial charge in [-0.3, -0.25) is 0 Å². The van der Waals surface area contributed by atoms with Crippen LogP contribution in [-0.2, 0) is 11.8 Å². The summed E-state index contributed by atoms with van der Waals surface area (Å²) >= 11 is 1.87. The zero-order valence-electron chi connectivity index (χ0n) is 27.1. The van der Waals surface area contributed by atoms with Crippen LogP contribution in [0.25, 0.3) is 0 Å². The SMILES string of the molecule is CC(C)(C)c1cc(SCCCNc2ccc(Nc3ccccc3)cc2)cc(CCCNc2ccc(Nc3ccccc3)cc2)c1O. The molecule has 0 fully saturated rings. The zero-order valence-corrected chi connectivity index (χ0v) is 28.0. The van der Waals surface area contributed by atoms with Gasteiger partial charge in [0.25, 0.3) is 0 Å². The number of aromatic hydroxyl groups is 1. The Morgan fingerprint density at radius 2 is 1.02 bits per heavy atom. The van der Waals surface area contributed by atoms with Gasteiger partial charge in [0.05, 0.1) is 0 Å². The van der Waals surface area contributed by atoms with E-state index in [1.54, 1.807) is 0 Å². The fourth-order valence-electron chi connectivity index (χ4n) is 5.24. The van der Waals surface area contributed by atoms with Crippen LogP contribution in [0, 0.1) is 0 Å². The van der Waals surface area contributed by atoms with Crippen molar-refractivity contribution in [3.63, 3.8) is 0 Å². The van der Waals surface area contributed by atoms with E-state index in [-0.39, 0.29) is 5.41 Å². The lowest BCUT2D eigenvalue weighted by Gasteiger charge is -2.23. The van der Waals surface area contributed by atoms with Crippen molar-refractivity contribution >= 4 is 45.9 Å². The minimum Gasteiger partial charge on any atom is -0.507 e. The number of para-hydroxylation sites is 2. The Labute approximate surface area is 278 Å². The molecule has 238 valence electrons. The van der Waals surface area contributed by atoms with Crippen molar-refractivity contribution in [2.24, 2.45) is 0 Å². The molecule has 0 heterocycles. The van der Waals surface area contributed by atoms with Crippen LogP contribution in [-0.4, -0.2) is 23.9 Å². The van der Waals surface area contributed by atoms with Crippen LogP contribution in [0.3, 0.4) is 0 Å². The van der Waals surface area contributed by atoms with Crippen molar-refractivity contribution in [3.05, 3.63) is 132 Å². The topological polar surface area (TPSA) is 68.3 Å². The lowest BCUT2D eigenvalue weighted by atomic mass is 9.84. The zero-order chi connectivity index (χ0) is 32.2. The number of anilines is 6. The second-order valence-corrected chi connectivity index (χ2v) is 13.7. The Bertz CT molecular complexity index is 1630. The summed E-state index contributed by atoms with van der Waals surface area (Å²) in [6, 6.07) is 41.6. The molecule has 0 saturated carbocycles. The van der Waals surface area contributed by atoms with E-state index in [0.717, 1.165) is 83.4 Å². The highest BCUT2D eigenvalue weighted by Crippen LogP contribution is 2.38. The summed E-state index contributed by atoms with van der Waals surface area (Å²) in [5, 5.41) is 25.1. The van der Waals surface area contributed by atoms with Gasteiger partial charge in [-0.2, -0.15) is 0 Å². The van der Waals surface area contributed by atoms with Gasteiger partial charge in [-0.15, -0.1) is 11.8 Å². The van der Waals surface area contributed by atoms with Crippen molar-refractivity contribution in [2.75, 3.05) is 40.1 Å². The molecular formula is C40H46N4OS. The van der Waals surface area contributed by atoms with Crippen LogP contribution in [0.2, 0.25) is 0 Å². The number of nitrogens with one attached hydrogen (secondary N) is 4. The van der Waals surface area contributed by atoms with Crippen LogP contribution in [0.5, 0.6) is 5.75 Å². The molecule has 0 aromatic heterocycles. The van der Waals surface area contributed by atoms with Crippen molar-refractivity contribution in [2.45, 2.75) is 50.3 Å². The molecule has 0 unspecified atom stereocenters. The molecule has 5 nitrogen and oxygen atoms in total. The van der Waals surface area contributed by atoms with E-state index in [9.17, 15) is 5.11 Å². The molecule has 0 saturated heterocycles. The summed E-state index contributed by atoms with van der Waals surface area (Å²) in [6.07, 6.45) is 2.79. The van der Waals surface area contributed by atoms with E-state index in [2.05, 4.69) is 127 Å². The largest absolute Gasteiger partial charge is 0.507 e. The highest BCUT2D eigenvalue weighted by Gasteiger charge is 2.21. The Hall–Kier alpha value is -4.55. The minimum atomic E-state index is -0.133. The highest BCUT2D eigenvalue weighted by molar-refractivity contribution is 7.99. The van der Waals surface area contributed by atoms with E-state index in [0.29, 0.717) is 5.75 Å². The van der Waals surface area contributed by atoms with Gasteiger partial charge in [-0.1, -0.05) is 57.2 Å². The molecule has 0 aliphatic heterocycles. The standard InChI is InChI=1S/C40H46N4OS/c1-40(2,3)38-29-37(46-27-11-26-42-32-19-23-36(24-20-32)44-34-15-8-5-9-16-34)28-30(39(38)45)12-10-25-41-31-17-21-35(22-18-31)43-33-13-6-4-7-14-33/h4-9,13-24,28-29,41-45H,10-12,25-27H2,1-3H3. The van der Waals surface area contributed by atoms with Gasteiger partial charge < -0.3 is 26.4 Å². The van der Waals surface area contributed by atoms with Crippen molar-refractivity contribution in [3.8, 4) is 5.75 Å². The second-order valence-electron chi connectivity index (χ2n) is 12.5. The van der Waals surface area contributed by atoms with Crippen molar-refractivity contribution in [1.82, 2.24) is 0 Å². The summed E-state index contributed by atoms with van der Waals surface area (Å²) in [5.41, 5.74) is 8.43. The van der Waals surface area contributed by atoms with Gasteiger partial charge >= 0.3 is 0 Å². The fraction of sp³-hybridized carbons (Fsp3) is 0.250. The maximum Gasteiger partial charge on any atom is 0.122 e. The number of benzene rings is 5. The first-order chi connectivity index (χ1) is 22.3. The summed E-state index contributed by atoms with van der Waals surface area (Å²) in [4.78, 5) is 1.23. The van der Waals surface area contributed by atoms with Gasteiger partial charge in [0.15, 0.2) is 0 Å². The normalized spacial score (nSPS) is 11.2. The number of hydrogen-bond acceptors (Lipinski definition) is 6. The third-order valence-corrected chi connectivity index (χ3v) is 8.80. The quantitative estimate of drug-likeness (QED) is 0.0586. The number of phenols is 1. The van der Waals surface area contributed by atoms with Gasteiger partial charge in [-0.25, -0.2) is 0 Å². The first-order valence-electron chi connectivity index (χ1n) is 16.1. The van der Waals surface area contributed by atoms with Crippen molar-refractivity contribution < 1.29 is 5.11 Å². The van der Waals surface area contributed by atoms with Crippen LogP contribution in [0.15, 0.2) is 126 Å². The number of phenolic OH excluding ortho intramolecular Hbond substituents is 1. The second kappa shape index (κ2) is 16.1.